The maximum Gasteiger partial charge on any atom is 0.206 e. The second kappa shape index (κ2) is 6.85. The molecule has 1 aromatic carbocycles. The Bertz CT molecular complexity index is 574. The molecule has 0 fully saturated rings. The van der Waals surface area contributed by atoms with Crippen LogP contribution in [0.1, 0.15) is 5.56 Å². The van der Waals surface area contributed by atoms with E-state index in [1.54, 1.807) is 24.5 Å². The molecule has 2 rings (SSSR count). The predicted octanol–water partition coefficient (Wildman–Crippen LogP) is 2.09. The van der Waals surface area contributed by atoms with E-state index in [0.29, 0.717) is 35.3 Å². The number of hydrogen-bond acceptors (Lipinski definition) is 3. The standard InChI is InChI=1S/C13H15FN4OS/c1-19-11-4-2-3-10(14)9(11)5-6-17-13(20)18-12-15-7-8-16-12/h2-4,7-8H,5-6H2,1H3,(H3,15,16,17,18,20). The predicted molar refractivity (Wildman–Crippen MR) is 79.5 cm³/mol. The van der Waals surface area contributed by atoms with E-state index in [1.807, 2.05) is 0 Å². The molecule has 0 unspecified atom stereocenters. The van der Waals surface area contributed by atoms with Crippen LogP contribution >= 0.6 is 12.2 Å². The minimum atomic E-state index is -0.281. The maximum absolute atomic E-state index is 13.7. The fraction of sp³-hybridized carbons (Fsp3) is 0.231. The number of halogens is 1. The molecule has 0 aliphatic carbocycles. The molecule has 0 saturated heterocycles. The van der Waals surface area contributed by atoms with E-state index in [0.717, 1.165) is 0 Å². The quantitative estimate of drug-likeness (QED) is 0.737. The number of nitrogens with zero attached hydrogens (tertiary/aromatic N) is 1. The lowest BCUT2D eigenvalue weighted by molar-refractivity contribution is 0.404. The van der Waals surface area contributed by atoms with Crippen molar-refractivity contribution < 1.29 is 9.13 Å². The van der Waals surface area contributed by atoms with Gasteiger partial charge in [-0.05, 0) is 30.8 Å². The number of aromatic nitrogens is 2. The molecule has 20 heavy (non-hydrogen) atoms. The van der Waals surface area contributed by atoms with E-state index in [-0.39, 0.29) is 5.82 Å². The van der Waals surface area contributed by atoms with Crippen LogP contribution in [0.5, 0.6) is 5.75 Å². The van der Waals surface area contributed by atoms with Crippen LogP contribution in [0.2, 0.25) is 0 Å². The Morgan fingerprint density at radius 1 is 1.50 bits per heavy atom. The lowest BCUT2D eigenvalue weighted by atomic mass is 10.1. The van der Waals surface area contributed by atoms with Gasteiger partial charge in [0.05, 0.1) is 7.11 Å². The molecular weight excluding hydrogens is 279 g/mol. The smallest absolute Gasteiger partial charge is 0.206 e. The first-order chi connectivity index (χ1) is 9.70. The summed E-state index contributed by atoms with van der Waals surface area (Å²) < 4.78 is 18.8. The van der Waals surface area contributed by atoms with E-state index < -0.39 is 0 Å². The third kappa shape index (κ3) is 3.67. The lowest BCUT2D eigenvalue weighted by Crippen LogP contribution is -2.30. The van der Waals surface area contributed by atoms with Gasteiger partial charge in [-0.25, -0.2) is 9.37 Å². The van der Waals surface area contributed by atoms with Gasteiger partial charge < -0.3 is 20.4 Å². The summed E-state index contributed by atoms with van der Waals surface area (Å²) in [6, 6.07) is 4.77. The van der Waals surface area contributed by atoms with Gasteiger partial charge in [-0.2, -0.15) is 0 Å². The minimum absolute atomic E-state index is 0.281. The maximum atomic E-state index is 13.7. The number of aromatic amines is 1. The Balaban J connectivity index is 1.85. The van der Waals surface area contributed by atoms with Crippen LogP contribution in [0.25, 0.3) is 0 Å². The van der Waals surface area contributed by atoms with Crippen LogP contribution in [0.4, 0.5) is 10.3 Å². The number of anilines is 1. The molecule has 5 nitrogen and oxygen atoms in total. The number of thiocarbonyl (C=S) groups is 1. The second-order valence-corrected chi connectivity index (χ2v) is 4.40. The first-order valence-electron chi connectivity index (χ1n) is 6.06. The fourth-order valence-electron chi connectivity index (χ4n) is 1.76. The van der Waals surface area contributed by atoms with Crippen LogP contribution in [0.15, 0.2) is 30.6 Å². The molecule has 0 bridgehead atoms. The Labute approximate surface area is 121 Å². The molecule has 3 N–H and O–H groups in total. The Morgan fingerprint density at radius 3 is 3.05 bits per heavy atom. The average molecular weight is 294 g/mol. The van der Waals surface area contributed by atoms with Gasteiger partial charge in [-0.3, -0.25) is 0 Å². The highest BCUT2D eigenvalue weighted by atomic mass is 32.1. The van der Waals surface area contributed by atoms with Gasteiger partial charge in [0.25, 0.3) is 0 Å². The van der Waals surface area contributed by atoms with E-state index in [1.165, 1.54) is 13.2 Å². The highest BCUT2D eigenvalue weighted by Gasteiger charge is 2.08. The van der Waals surface area contributed by atoms with Crippen molar-refractivity contribution in [1.82, 2.24) is 15.3 Å². The molecule has 1 aromatic heterocycles. The van der Waals surface area contributed by atoms with Crippen LogP contribution in [0.3, 0.4) is 0 Å². The zero-order valence-electron chi connectivity index (χ0n) is 10.9. The SMILES string of the molecule is COc1cccc(F)c1CCNC(=S)Nc1ncc[nH]1. The van der Waals surface area contributed by atoms with Gasteiger partial charge in [-0.1, -0.05) is 6.07 Å². The van der Waals surface area contributed by atoms with Crippen LogP contribution in [-0.4, -0.2) is 28.7 Å². The summed E-state index contributed by atoms with van der Waals surface area (Å²) in [6.45, 7) is 0.490. The zero-order valence-corrected chi connectivity index (χ0v) is 11.8. The molecule has 106 valence electrons. The number of nitrogens with one attached hydrogen (secondary N) is 3. The molecule has 0 amide bonds. The van der Waals surface area contributed by atoms with E-state index in [4.69, 9.17) is 17.0 Å². The summed E-state index contributed by atoms with van der Waals surface area (Å²) in [7, 11) is 1.52. The van der Waals surface area contributed by atoms with Gasteiger partial charge in [0.15, 0.2) is 5.11 Å². The number of hydrogen-bond donors (Lipinski definition) is 3. The molecule has 0 saturated carbocycles. The van der Waals surface area contributed by atoms with Crippen LogP contribution in [0, 0.1) is 5.82 Å². The fourth-order valence-corrected chi connectivity index (χ4v) is 1.96. The lowest BCUT2D eigenvalue weighted by Gasteiger charge is -2.11. The molecule has 1 heterocycles. The summed E-state index contributed by atoms with van der Waals surface area (Å²) >= 11 is 5.10. The van der Waals surface area contributed by atoms with E-state index in [2.05, 4.69) is 20.6 Å². The summed E-state index contributed by atoms with van der Waals surface area (Å²) in [5, 5.41) is 6.29. The Kier molecular flexibility index (Phi) is 4.89. The van der Waals surface area contributed by atoms with Crippen molar-refractivity contribution in [3.8, 4) is 5.75 Å². The van der Waals surface area contributed by atoms with Crippen LogP contribution in [-0.2, 0) is 6.42 Å². The van der Waals surface area contributed by atoms with Crippen molar-refractivity contribution in [1.29, 1.82) is 0 Å². The highest BCUT2D eigenvalue weighted by Crippen LogP contribution is 2.21. The molecule has 0 spiro atoms. The number of benzene rings is 1. The van der Waals surface area contributed by atoms with Crippen LogP contribution < -0.4 is 15.4 Å². The normalized spacial score (nSPS) is 10.1. The topological polar surface area (TPSA) is 62.0 Å². The second-order valence-electron chi connectivity index (χ2n) is 3.99. The van der Waals surface area contributed by atoms with Crippen molar-refractivity contribution in [2.24, 2.45) is 0 Å². The molecule has 7 heteroatoms. The number of imidazole rings is 1. The molecular formula is C13H15FN4OS. The Hall–Kier alpha value is -2.15. The third-order valence-corrected chi connectivity index (χ3v) is 2.93. The first kappa shape index (κ1) is 14.3. The Morgan fingerprint density at radius 2 is 2.35 bits per heavy atom. The number of ether oxygens (including phenoxy) is 1. The minimum Gasteiger partial charge on any atom is -0.496 e. The van der Waals surface area contributed by atoms with Crippen molar-refractivity contribution in [2.45, 2.75) is 6.42 Å². The molecule has 2 aromatic rings. The number of rotatable bonds is 5. The van der Waals surface area contributed by atoms with E-state index in [9.17, 15) is 4.39 Å². The molecule has 0 aliphatic rings. The summed E-state index contributed by atoms with van der Waals surface area (Å²) in [4.78, 5) is 6.86. The highest BCUT2D eigenvalue weighted by molar-refractivity contribution is 7.80. The average Bonchev–Trinajstić information content (AvgIpc) is 2.93. The molecule has 0 atom stereocenters. The third-order valence-electron chi connectivity index (χ3n) is 2.69. The number of H-pyrrole nitrogens is 1. The monoisotopic (exact) mass is 294 g/mol. The van der Waals surface area contributed by atoms with Crippen molar-refractivity contribution in [3.05, 3.63) is 42.0 Å². The molecule has 0 radical (unpaired) electrons. The van der Waals surface area contributed by atoms with Crippen molar-refractivity contribution in [3.63, 3.8) is 0 Å². The summed E-state index contributed by atoms with van der Waals surface area (Å²) in [5.41, 5.74) is 0.531. The van der Waals surface area contributed by atoms with Gasteiger partial charge in [0.1, 0.15) is 11.6 Å². The van der Waals surface area contributed by atoms with Crippen molar-refractivity contribution >= 4 is 23.3 Å². The first-order valence-corrected chi connectivity index (χ1v) is 6.47. The summed E-state index contributed by atoms with van der Waals surface area (Å²) in [6.07, 6.45) is 3.78. The molecule has 0 aliphatic heterocycles. The van der Waals surface area contributed by atoms with Gasteiger partial charge in [0, 0.05) is 24.5 Å². The van der Waals surface area contributed by atoms with Gasteiger partial charge >= 0.3 is 0 Å². The van der Waals surface area contributed by atoms with Crippen molar-refractivity contribution in [2.75, 3.05) is 19.0 Å². The zero-order chi connectivity index (χ0) is 14.4. The summed E-state index contributed by atoms with van der Waals surface area (Å²) in [5.74, 6) is 0.818. The van der Waals surface area contributed by atoms with Gasteiger partial charge in [0.2, 0.25) is 5.95 Å². The van der Waals surface area contributed by atoms with E-state index >= 15 is 0 Å². The number of methoxy groups -OCH3 is 1. The largest absolute Gasteiger partial charge is 0.496 e. The van der Waals surface area contributed by atoms with Gasteiger partial charge in [-0.15, -0.1) is 0 Å².